The van der Waals surface area contributed by atoms with Gasteiger partial charge in [-0.1, -0.05) is 11.6 Å². The van der Waals surface area contributed by atoms with Gasteiger partial charge < -0.3 is 10.2 Å². The number of hydrogen-bond acceptors (Lipinski definition) is 4. The first kappa shape index (κ1) is 8.25. The minimum absolute atomic E-state index is 0.153. The normalized spacial score (nSPS) is 15.2. The summed E-state index contributed by atoms with van der Waals surface area (Å²) in [4.78, 5) is 20.7. The first-order chi connectivity index (χ1) is 6.20. The smallest absolute Gasteiger partial charge is 0.261 e. The summed E-state index contributed by atoms with van der Waals surface area (Å²) < 4.78 is 0. The number of halogens is 1. The highest BCUT2D eigenvalue weighted by Gasteiger charge is 2.25. The standard InChI is InChI=1S/C7H7ClN4O/c1-12-3-11-6-4(7(12)13)5(8)9-2-10-6/h2H,3H2,1H3,(H,9,10,11). The molecule has 0 radical (unpaired) electrons. The zero-order valence-corrected chi connectivity index (χ0v) is 7.67. The van der Waals surface area contributed by atoms with Gasteiger partial charge in [-0.25, -0.2) is 9.97 Å². The van der Waals surface area contributed by atoms with Gasteiger partial charge in [0.25, 0.3) is 5.91 Å². The van der Waals surface area contributed by atoms with E-state index >= 15 is 0 Å². The molecule has 1 aromatic rings. The Labute approximate surface area is 79.7 Å². The predicted molar refractivity (Wildman–Crippen MR) is 47.6 cm³/mol. The number of nitrogens with zero attached hydrogens (tertiary/aromatic N) is 3. The van der Waals surface area contributed by atoms with Crippen molar-refractivity contribution >= 4 is 23.3 Å². The van der Waals surface area contributed by atoms with Gasteiger partial charge in [0.2, 0.25) is 0 Å². The molecule has 1 N–H and O–H groups in total. The van der Waals surface area contributed by atoms with Crippen molar-refractivity contribution in [3.05, 3.63) is 17.0 Å². The number of amides is 1. The van der Waals surface area contributed by atoms with Crippen LogP contribution in [0.25, 0.3) is 0 Å². The molecule has 0 saturated heterocycles. The van der Waals surface area contributed by atoms with Crippen molar-refractivity contribution in [1.29, 1.82) is 0 Å². The predicted octanol–water partition coefficient (Wildman–Crippen LogP) is 0.585. The fourth-order valence-corrected chi connectivity index (χ4v) is 1.36. The molecule has 0 fully saturated rings. The summed E-state index contributed by atoms with van der Waals surface area (Å²) in [6, 6.07) is 0. The van der Waals surface area contributed by atoms with E-state index in [0.717, 1.165) is 0 Å². The number of nitrogens with one attached hydrogen (secondary N) is 1. The third-order valence-electron chi connectivity index (χ3n) is 1.85. The van der Waals surface area contributed by atoms with Gasteiger partial charge in [0.05, 0.1) is 6.67 Å². The Morgan fingerprint density at radius 3 is 3.15 bits per heavy atom. The lowest BCUT2D eigenvalue weighted by Crippen LogP contribution is -2.37. The molecule has 0 bridgehead atoms. The molecule has 2 rings (SSSR count). The highest BCUT2D eigenvalue weighted by atomic mass is 35.5. The summed E-state index contributed by atoms with van der Waals surface area (Å²) in [6.45, 7) is 0.444. The third kappa shape index (κ3) is 1.21. The fraction of sp³-hybridized carbons (Fsp3) is 0.286. The summed E-state index contributed by atoms with van der Waals surface area (Å²) >= 11 is 5.76. The van der Waals surface area contributed by atoms with E-state index in [9.17, 15) is 4.79 Å². The maximum absolute atomic E-state index is 11.6. The zero-order valence-electron chi connectivity index (χ0n) is 6.91. The molecule has 1 aromatic heterocycles. The molecule has 2 heterocycles. The van der Waals surface area contributed by atoms with E-state index in [1.54, 1.807) is 7.05 Å². The molecular formula is C7H7ClN4O. The lowest BCUT2D eigenvalue weighted by atomic mass is 10.2. The molecule has 0 atom stereocenters. The van der Waals surface area contributed by atoms with Gasteiger partial charge in [0, 0.05) is 7.05 Å². The van der Waals surface area contributed by atoms with Crippen LogP contribution in [0.2, 0.25) is 5.15 Å². The minimum Gasteiger partial charge on any atom is -0.352 e. The van der Waals surface area contributed by atoms with E-state index in [1.807, 2.05) is 0 Å². The molecule has 1 amide bonds. The maximum atomic E-state index is 11.6. The first-order valence-electron chi connectivity index (χ1n) is 3.70. The SMILES string of the molecule is CN1CNc2ncnc(Cl)c2C1=O. The molecule has 0 spiro atoms. The van der Waals surface area contributed by atoms with Gasteiger partial charge in [-0.15, -0.1) is 0 Å². The number of hydrogen-bond donors (Lipinski definition) is 1. The van der Waals surface area contributed by atoms with Crippen molar-refractivity contribution in [2.45, 2.75) is 0 Å². The summed E-state index contributed by atoms with van der Waals surface area (Å²) in [5.41, 5.74) is 0.345. The fourth-order valence-electron chi connectivity index (χ4n) is 1.14. The van der Waals surface area contributed by atoms with E-state index in [2.05, 4.69) is 15.3 Å². The van der Waals surface area contributed by atoms with E-state index in [0.29, 0.717) is 18.1 Å². The number of carbonyl (C=O) groups excluding carboxylic acids is 1. The molecule has 1 aliphatic heterocycles. The van der Waals surface area contributed by atoms with Crippen LogP contribution < -0.4 is 5.32 Å². The minimum atomic E-state index is -0.153. The van der Waals surface area contributed by atoms with Crippen molar-refractivity contribution in [1.82, 2.24) is 14.9 Å². The molecule has 0 saturated carbocycles. The topological polar surface area (TPSA) is 58.1 Å². The van der Waals surface area contributed by atoms with Crippen LogP contribution >= 0.6 is 11.6 Å². The second-order valence-electron chi connectivity index (χ2n) is 2.73. The Balaban J connectivity index is 2.57. The molecule has 5 nitrogen and oxygen atoms in total. The Kier molecular flexibility index (Phi) is 1.81. The second-order valence-corrected chi connectivity index (χ2v) is 3.08. The summed E-state index contributed by atoms with van der Waals surface area (Å²) in [5.74, 6) is 0.349. The van der Waals surface area contributed by atoms with E-state index < -0.39 is 0 Å². The van der Waals surface area contributed by atoms with Gasteiger partial charge in [0.15, 0.2) is 0 Å². The summed E-state index contributed by atoms with van der Waals surface area (Å²) in [5, 5.41) is 3.14. The van der Waals surface area contributed by atoms with Crippen LogP contribution in [0.5, 0.6) is 0 Å². The van der Waals surface area contributed by atoms with Gasteiger partial charge in [-0.3, -0.25) is 4.79 Å². The number of rotatable bonds is 0. The van der Waals surface area contributed by atoms with Crippen molar-refractivity contribution in [3.63, 3.8) is 0 Å². The van der Waals surface area contributed by atoms with Gasteiger partial charge in [0.1, 0.15) is 22.9 Å². The molecule has 0 aromatic carbocycles. The number of anilines is 1. The van der Waals surface area contributed by atoms with Crippen LogP contribution in [0.4, 0.5) is 5.82 Å². The van der Waals surface area contributed by atoms with Gasteiger partial charge >= 0.3 is 0 Å². The molecule has 0 aliphatic carbocycles. The lowest BCUT2D eigenvalue weighted by Gasteiger charge is -2.25. The molecule has 6 heteroatoms. The molecule has 1 aliphatic rings. The van der Waals surface area contributed by atoms with Crippen LogP contribution in [-0.2, 0) is 0 Å². The van der Waals surface area contributed by atoms with Crippen molar-refractivity contribution in [2.24, 2.45) is 0 Å². The van der Waals surface area contributed by atoms with Crippen molar-refractivity contribution in [2.75, 3.05) is 19.0 Å². The monoisotopic (exact) mass is 198 g/mol. The Morgan fingerprint density at radius 2 is 2.38 bits per heavy atom. The Hall–Kier alpha value is -1.36. The average Bonchev–Trinajstić information content (AvgIpc) is 2.12. The first-order valence-corrected chi connectivity index (χ1v) is 4.08. The number of fused-ring (bicyclic) bond motifs is 1. The zero-order chi connectivity index (χ0) is 9.42. The molecule has 13 heavy (non-hydrogen) atoms. The molecule has 68 valence electrons. The van der Waals surface area contributed by atoms with Crippen LogP contribution in [0, 0.1) is 0 Å². The summed E-state index contributed by atoms with van der Waals surface area (Å²) in [6.07, 6.45) is 1.33. The van der Waals surface area contributed by atoms with Crippen LogP contribution in [0.3, 0.4) is 0 Å². The van der Waals surface area contributed by atoms with Crippen LogP contribution in [0.15, 0.2) is 6.33 Å². The highest BCUT2D eigenvalue weighted by Crippen LogP contribution is 2.23. The number of carbonyl (C=O) groups is 1. The van der Waals surface area contributed by atoms with Gasteiger partial charge in [-0.05, 0) is 0 Å². The van der Waals surface area contributed by atoms with Crippen molar-refractivity contribution in [3.8, 4) is 0 Å². The quantitative estimate of drug-likeness (QED) is 0.620. The summed E-state index contributed by atoms with van der Waals surface area (Å²) in [7, 11) is 1.68. The Bertz CT molecular complexity index is 368. The third-order valence-corrected chi connectivity index (χ3v) is 2.13. The van der Waals surface area contributed by atoms with Crippen molar-refractivity contribution < 1.29 is 4.79 Å². The molecule has 0 unspecified atom stereocenters. The number of aromatic nitrogens is 2. The van der Waals surface area contributed by atoms with E-state index in [-0.39, 0.29) is 11.1 Å². The second kappa shape index (κ2) is 2.85. The molecular weight excluding hydrogens is 192 g/mol. The van der Waals surface area contributed by atoms with E-state index in [4.69, 9.17) is 11.6 Å². The highest BCUT2D eigenvalue weighted by molar-refractivity contribution is 6.33. The average molecular weight is 199 g/mol. The van der Waals surface area contributed by atoms with Gasteiger partial charge in [-0.2, -0.15) is 0 Å². The van der Waals surface area contributed by atoms with Crippen LogP contribution in [-0.4, -0.2) is 34.5 Å². The largest absolute Gasteiger partial charge is 0.352 e. The maximum Gasteiger partial charge on any atom is 0.261 e. The Morgan fingerprint density at radius 1 is 1.62 bits per heavy atom. The van der Waals surface area contributed by atoms with E-state index in [1.165, 1.54) is 11.2 Å². The van der Waals surface area contributed by atoms with Crippen LogP contribution in [0.1, 0.15) is 10.4 Å². The lowest BCUT2D eigenvalue weighted by molar-refractivity contribution is 0.0795.